The highest BCUT2D eigenvalue weighted by molar-refractivity contribution is 6.05. The van der Waals surface area contributed by atoms with Crippen LogP contribution in [0.4, 0.5) is 0 Å². The number of fused-ring (bicyclic) bond motifs is 1. The molecule has 5 nitrogen and oxygen atoms in total. The van der Waals surface area contributed by atoms with Gasteiger partial charge in [0.1, 0.15) is 0 Å². The Morgan fingerprint density at radius 1 is 1.00 bits per heavy atom. The van der Waals surface area contributed by atoms with Crippen molar-refractivity contribution in [1.29, 1.82) is 0 Å². The SMILES string of the molecule is O=C1NC(=O)[C@@H]2CCN(C3CCNCC3)C[C@H]12. The van der Waals surface area contributed by atoms with E-state index in [0.29, 0.717) is 6.04 Å². The van der Waals surface area contributed by atoms with Gasteiger partial charge in [-0.15, -0.1) is 0 Å². The second-order valence-electron chi connectivity index (χ2n) is 5.33. The average Bonchev–Trinajstić information content (AvgIpc) is 2.66. The Labute approximate surface area is 101 Å². The zero-order valence-corrected chi connectivity index (χ0v) is 9.95. The zero-order valence-electron chi connectivity index (χ0n) is 9.95. The standard InChI is InChI=1S/C12H19N3O2/c16-11-9-3-6-15(7-10(9)12(17)14-11)8-1-4-13-5-2-8/h8-10,13H,1-7H2,(H,14,16,17)/t9-,10+/m1/s1. The van der Waals surface area contributed by atoms with Crippen molar-refractivity contribution >= 4 is 11.8 Å². The lowest BCUT2D eigenvalue weighted by Gasteiger charge is -2.40. The molecule has 0 aromatic heterocycles. The minimum absolute atomic E-state index is 0.0510. The van der Waals surface area contributed by atoms with E-state index in [1.165, 1.54) is 0 Å². The average molecular weight is 237 g/mol. The van der Waals surface area contributed by atoms with Crippen molar-refractivity contribution in [2.24, 2.45) is 11.8 Å². The Morgan fingerprint density at radius 3 is 2.47 bits per heavy atom. The molecule has 0 unspecified atom stereocenters. The van der Waals surface area contributed by atoms with E-state index in [1.807, 2.05) is 0 Å². The van der Waals surface area contributed by atoms with Gasteiger partial charge in [0.2, 0.25) is 11.8 Å². The normalized spacial score (nSPS) is 35.8. The van der Waals surface area contributed by atoms with Gasteiger partial charge in [0.25, 0.3) is 0 Å². The molecule has 2 amide bonds. The summed E-state index contributed by atoms with van der Waals surface area (Å²) in [7, 11) is 0. The molecule has 0 radical (unpaired) electrons. The summed E-state index contributed by atoms with van der Waals surface area (Å²) >= 11 is 0. The number of amides is 2. The Kier molecular flexibility index (Phi) is 2.88. The summed E-state index contributed by atoms with van der Waals surface area (Å²) in [6, 6.07) is 0.598. The molecule has 0 aliphatic carbocycles. The number of carbonyl (C=O) groups is 2. The minimum atomic E-state index is -0.0915. The maximum Gasteiger partial charge on any atom is 0.231 e. The number of hydrogen-bond donors (Lipinski definition) is 2. The molecule has 94 valence electrons. The van der Waals surface area contributed by atoms with Gasteiger partial charge in [-0.25, -0.2) is 0 Å². The lowest BCUT2D eigenvalue weighted by atomic mass is 9.86. The molecule has 3 aliphatic heterocycles. The first kappa shape index (κ1) is 11.2. The van der Waals surface area contributed by atoms with E-state index in [-0.39, 0.29) is 23.7 Å². The number of likely N-dealkylation sites (tertiary alicyclic amines) is 1. The molecule has 3 heterocycles. The molecule has 0 aromatic rings. The molecule has 0 bridgehead atoms. The first-order chi connectivity index (χ1) is 8.25. The Morgan fingerprint density at radius 2 is 1.71 bits per heavy atom. The monoisotopic (exact) mass is 237 g/mol. The van der Waals surface area contributed by atoms with Gasteiger partial charge in [0.15, 0.2) is 0 Å². The van der Waals surface area contributed by atoms with Crippen LogP contribution >= 0.6 is 0 Å². The summed E-state index contributed by atoms with van der Waals surface area (Å²) in [5.74, 6) is -0.254. The third kappa shape index (κ3) is 1.98. The van der Waals surface area contributed by atoms with Crippen LogP contribution in [0.2, 0.25) is 0 Å². The van der Waals surface area contributed by atoms with E-state index < -0.39 is 0 Å². The van der Waals surface area contributed by atoms with E-state index in [2.05, 4.69) is 15.5 Å². The van der Waals surface area contributed by atoms with Gasteiger partial charge in [-0.1, -0.05) is 0 Å². The van der Waals surface area contributed by atoms with Crippen molar-refractivity contribution in [2.75, 3.05) is 26.2 Å². The third-order valence-corrected chi connectivity index (χ3v) is 4.39. The van der Waals surface area contributed by atoms with Crippen molar-refractivity contribution in [3.8, 4) is 0 Å². The summed E-state index contributed by atoms with van der Waals surface area (Å²) in [4.78, 5) is 25.6. The molecule has 3 fully saturated rings. The van der Waals surface area contributed by atoms with Crippen molar-refractivity contribution in [3.05, 3.63) is 0 Å². The number of carbonyl (C=O) groups excluding carboxylic acids is 2. The summed E-state index contributed by atoms with van der Waals surface area (Å²) in [6.07, 6.45) is 3.16. The minimum Gasteiger partial charge on any atom is -0.317 e. The highest BCUT2D eigenvalue weighted by Crippen LogP contribution is 2.30. The maximum atomic E-state index is 11.7. The summed E-state index contributed by atoms with van der Waals surface area (Å²) in [6.45, 7) is 3.88. The second kappa shape index (κ2) is 4.38. The first-order valence-corrected chi connectivity index (χ1v) is 6.55. The third-order valence-electron chi connectivity index (χ3n) is 4.39. The lowest BCUT2D eigenvalue weighted by molar-refractivity contribution is -0.126. The molecule has 5 heteroatoms. The molecule has 0 spiro atoms. The topological polar surface area (TPSA) is 61.4 Å². The number of rotatable bonds is 1. The predicted octanol–water partition coefficient (Wildman–Crippen LogP) is -0.667. The van der Waals surface area contributed by atoms with Gasteiger partial charge in [0, 0.05) is 12.6 Å². The van der Waals surface area contributed by atoms with Crippen LogP contribution in [0.5, 0.6) is 0 Å². The fourth-order valence-electron chi connectivity index (χ4n) is 3.37. The van der Waals surface area contributed by atoms with E-state index in [1.54, 1.807) is 0 Å². The predicted molar refractivity (Wildman–Crippen MR) is 62.2 cm³/mol. The van der Waals surface area contributed by atoms with Crippen LogP contribution in [0.15, 0.2) is 0 Å². The van der Waals surface area contributed by atoms with Crippen LogP contribution in [0, 0.1) is 11.8 Å². The largest absolute Gasteiger partial charge is 0.317 e. The smallest absolute Gasteiger partial charge is 0.231 e. The number of hydrogen-bond acceptors (Lipinski definition) is 4. The van der Waals surface area contributed by atoms with Gasteiger partial charge in [0.05, 0.1) is 11.8 Å². The Hall–Kier alpha value is -0.940. The lowest BCUT2D eigenvalue weighted by Crippen LogP contribution is -2.50. The molecule has 3 rings (SSSR count). The van der Waals surface area contributed by atoms with E-state index in [4.69, 9.17) is 0 Å². The highest BCUT2D eigenvalue weighted by Gasteiger charge is 2.45. The Bertz CT molecular complexity index is 339. The quantitative estimate of drug-likeness (QED) is 0.594. The van der Waals surface area contributed by atoms with Crippen LogP contribution in [-0.4, -0.2) is 48.9 Å². The molecular formula is C12H19N3O2. The van der Waals surface area contributed by atoms with Crippen molar-refractivity contribution < 1.29 is 9.59 Å². The van der Waals surface area contributed by atoms with Crippen LogP contribution in [0.25, 0.3) is 0 Å². The fraction of sp³-hybridized carbons (Fsp3) is 0.833. The molecule has 0 aromatic carbocycles. The summed E-state index contributed by atoms with van der Waals surface area (Å²) in [5.41, 5.74) is 0. The molecule has 3 saturated heterocycles. The molecular weight excluding hydrogens is 218 g/mol. The maximum absolute atomic E-state index is 11.7. The number of nitrogens with zero attached hydrogens (tertiary/aromatic N) is 1. The number of piperidine rings is 2. The molecule has 17 heavy (non-hydrogen) atoms. The second-order valence-corrected chi connectivity index (χ2v) is 5.33. The highest BCUT2D eigenvalue weighted by atomic mass is 16.2. The van der Waals surface area contributed by atoms with E-state index in [0.717, 1.165) is 45.4 Å². The van der Waals surface area contributed by atoms with Gasteiger partial charge in [-0.05, 0) is 38.9 Å². The zero-order chi connectivity index (χ0) is 11.8. The van der Waals surface area contributed by atoms with Gasteiger partial charge < -0.3 is 5.32 Å². The van der Waals surface area contributed by atoms with Crippen LogP contribution < -0.4 is 10.6 Å². The van der Waals surface area contributed by atoms with E-state index >= 15 is 0 Å². The van der Waals surface area contributed by atoms with Crippen LogP contribution in [-0.2, 0) is 9.59 Å². The first-order valence-electron chi connectivity index (χ1n) is 6.55. The van der Waals surface area contributed by atoms with Crippen LogP contribution in [0.3, 0.4) is 0 Å². The summed E-state index contributed by atoms with van der Waals surface area (Å²) in [5, 5.41) is 5.82. The van der Waals surface area contributed by atoms with E-state index in [9.17, 15) is 9.59 Å². The molecule has 0 saturated carbocycles. The summed E-state index contributed by atoms with van der Waals surface area (Å²) < 4.78 is 0. The fourth-order valence-corrected chi connectivity index (χ4v) is 3.37. The molecule has 2 atom stereocenters. The number of nitrogens with one attached hydrogen (secondary N) is 2. The molecule has 3 aliphatic rings. The van der Waals surface area contributed by atoms with Crippen LogP contribution in [0.1, 0.15) is 19.3 Å². The molecule has 2 N–H and O–H groups in total. The van der Waals surface area contributed by atoms with Crippen molar-refractivity contribution in [3.63, 3.8) is 0 Å². The van der Waals surface area contributed by atoms with Gasteiger partial charge in [-0.2, -0.15) is 0 Å². The van der Waals surface area contributed by atoms with Gasteiger partial charge in [-0.3, -0.25) is 19.8 Å². The number of imide groups is 1. The van der Waals surface area contributed by atoms with Crippen molar-refractivity contribution in [2.45, 2.75) is 25.3 Å². The van der Waals surface area contributed by atoms with Crippen molar-refractivity contribution in [1.82, 2.24) is 15.5 Å². The van der Waals surface area contributed by atoms with Gasteiger partial charge >= 0.3 is 0 Å². The Balaban J connectivity index is 1.66.